The van der Waals surface area contributed by atoms with E-state index in [2.05, 4.69) is 26.4 Å². The number of fused-ring (bicyclic) bond motifs is 1. The van der Waals surface area contributed by atoms with Gasteiger partial charge in [0.25, 0.3) is 5.91 Å². The lowest BCUT2D eigenvalue weighted by Crippen LogP contribution is -2.49. The molecule has 1 N–H and O–H groups in total. The minimum Gasteiger partial charge on any atom is -0.440 e. The molecule has 10 heteroatoms. The predicted octanol–water partition coefficient (Wildman–Crippen LogP) is 3.96. The maximum atomic E-state index is 13.7. The van der Waals surface area contributed by atoms with E-state index in [0.29, 0.717) is 43.9 Å². The zero-order chi connectivity index (χ0) is 25.3. The van der Waals surface area contributed by atoms with Crippen molar-refractivity contribution in [3.63, 3.8) is 0 Å². The second-order valence-corrected chi connectivity index (χ2v) is 9.41. The average molecular weight is 500 g/mol. The number of thioether (sulfide) groups is 1. The zero-order valence-electron chi connectivity index (χ0n) is 20.5. The van der Waals surface area contributed by atoms with Crippen LogP contribution in [0.2, 0.25) is 0 Å². The third-order valence-electron chi connectivity index (χ3n) is 5.83. The van der Waals surface area contributed by atoms with Gasteiger partial charge in [0, 0.05) is 56.2 Å². The Labute approximate surface area is 210 Å². The van der Waals surface area contributed by atoms with Gasteiger partial charge in [0.1, 0.15) is 5.76 Å². The zero-order valence-corrected chi connectivity index (χ0v) is 21.3. The number of nitrogens with one attached hydrogen (secondary N) is 1. The van der Waals surface area contributed by atoms with E-state index in [1.54, 1.807) is 35.0 Å². The molecule has 0 saturated heterocycles. The highest BCUT2D eigenvalue weighted by atomic mass is 32.2. The number of ether oxygens (including phenoxy) is 1. The standard InChI is InChI=1S/C25H33N5O4S/c1-5-7-11-25(28-29-25)12-10-21(31)30(18(3)17-33-6-2)22(23(32)26-14-15-35-4)20-16-19-9-8-13-27-24(19)34-20/h1,8-9,13,16,18,22H,6-7,10-12,14-15,17H2,2-4H3,(H,26,32). The molecule has 188 valence electrons. The number of amides is 2. The topological polar surface area (TPSA) is 109 Å². The first-order valence-electron chi connectivity index (χ1n) is 11.8. The summed E-state index contributed by atoms with van der Waals surface area (Å²) < 4.78 is 11.6. The molecule has 2 aromatic rings. The highest BCUT2D eigenvalue weighted by Gasteiger charge is 2.42. The van der Waals surface area contributed by atoms with Crippen LogP contribution in [0, 0.1) is 12.3 Å². The van der Waals surface area contributed by atoms with Crippen molar-refractivity contribution in [2.24, 2.45) is 10.2 Å². The Balaban J connectivity index is 1.90. The highest BCUT2D eigenvalue weighted by Crippen LogP contribution is 2.38. The summed E-state index contributed by atoms with van der Waals surface area (Å²) in [6.45, 7) is 5.02. The number of nitrogens with zero attached hydrogens (tertiary/aromatic N) is 4. The van der Waals surface area contributed by atoms with Crippen LogP contribution < -0.4 is 5.32 Å². The van der Waals surface area contributed by atoms with Crippen LogP contribution in [0.5, 0.6) is 0 Å². The van der Waals surface area contributed by atoms with E-state index < -0.39 is 11.7 Å². The monoisotopic (exact) mass is 499 g/mol. The summed E-state index contributed by atoms with van der Waals surface area (Å²) in [5, 5.41) is 12.0. The Morgan fingerprint density at radius 3 is 2.83 bits per heavy atom. The Morgan fingerprint density at radius 1 is 1.37 bits per heavy atom. The van der Waals surface area contributed by atoms with Gasteiger partial charge in [-0.1, -0.05) is 0 Å². The fourth-order valence-electron chi connectivity index (χ4n) is 3.91. The lowest BCUT2D eigenvalue weighted by atomic mass is 10.0. The van der Waals surface area contributed by atoms with E-state index >= 15 is 0 Å². The molecule has 3 rings (SSSR count). The molecule has 3 heterocycles. The van der Waals surface area contributed by atoms with Gasteiger partial charge >= 0.3 is 0 Å². The van der Waals surface area contributed by atoms with E-state index in [9.17, 15) is 9.59 Å². The van der Waals surface area contributed by atoms with Crippen LogP contribution in [0.25, 0.3) is 11.1 Å². The van der Waals surface area contributed by atoms with Crippen molar-refractivity contribution in [3.8, 4) is 12.3 Å². The van der Waals surface area contributed by atoms with Crippen molar-refractivity contribution in [1.29, 1.82) is 0 Å². The average Bonchev–Trinajstić information content (AvgIpc) is 3.51. The van der Waals surface area contributed by atoms with Gasteiger partial charge in [-0.15, -0.1) is 12.3 Å². The van der Waals surface area contributed by atoms with E-state index in [4.69, 9.17) is 15.6 Å². The molecule has 35 heavy (non-hydrogen) atoms. The number of rotatable bonds is 15. The first-order valence-corrected chi connectivity index (χ1v) is 13.2. The quantitative estimate of drug-likeness (QED) is 0.293. The predicted molar refractivity (Wildman–Crippen MR) is 136 cm³/mol. The normalized spacial score (nSPS) is 15.4. The molecule has 1 aliphatic heterocycles. The van der Waals surface area contributed by atoms with Crippen LogP contribution in [-0.4, -0.2) is 65.2 Å². The van der Waals surface area contributed by atoms with Gasteiger partial charge in [-0.25, -0.2) is 4.98 Å². The summed E-state index contributed by atoms with van der Waals surface area (Å²) in [5.74, 6) is 3.21. The highest BCUT2D eigenvalue weighted by molar-refractivity contribution is 7.98. The van der Waals surface area contributed by atoms with Gasteiger partial charge in [-0.2, -0.15) is 22.0 Å². The molecule has 9 nitrogen and oxygen atoms in total. The molecule has 2 atom stereocenters. The maximum absolute atomic E-state index is 13.7. The molecule has 0 aromatic carbocycles. The van der Waals surface area contributed by atoms with E-state index in [0.717, 1.165) is 11.1 Å². The fraction of sp³-hybridized carbons (Fsp3) is 0.560. The van der Waals surface area contributed by atoms with Crippen molar-refractivity contribution in [1.82, 2.24) is 15.2 Å². The van der Waals surface area contributed by atoms with Gasteiger partial charge in [-0.3, -0.25) is 9.59 Å². The summed E-state index contributed by atoms with van der Waals surface area (Å²) in [4.78, 5) is 33.0. The van der Waals surface area contributed by atoms with Gasteiger partial charge in [0.05, 0.1) is 12.6 Å². The second-order valence-electron chi connectivity index (χ2n) is 8.43. The molecule has 0 saturated carbocycles. The molecule has 2 aromatic heterocycles. The van der Waals surface area contributed by atoms with Crippen LogP contribution in [-0.2, 0) is 14.3 Å². The van der Waals surface area contributed by atoms with Crippen molar-refractivity contribution in [2.45, 2.75) is 57.3 Å². The van der Waals surface area contributed by atoms with Crippen LogP contribution in [0.1, 0.15) is 51.3 Å². The Hall–Kier alpha value is -2.90. The minimum atomic E-state index is -0.969. The summed E-state index contributed by atoms with van der Waals surface area (Å²) in [6, 6.07) is 4.08. The lowest BCUT2D eigenvalue weighted by Gasteiger charge is -2.35. The van der Waals surface area contributed by atoms with Gasteiger partial charge in [0.2, 0.25) is 11.6 Å². The Bertz CT molecular complexity index is 1040. The molecule has 1 aliphatic rings. The minimum absolute atomic E-state index is 0.168. The number of hydrogen-bond donors (Lipinski definition) is 1. The third-order valence-corrected chi connectivity index (χ3v) is 6.44. The third kappa shape index (κ3) is 7.05. The summed E-state index contributed by atoms with van der Waals surface area (Å²) in [5.41, 5.74) is -0.172. The molecular weight excluding hydrogens is 466 g/mol. The molecule has 0 bridgehead atoms. The smallest absolute Gasteiger partial charge is 0.250 e. The van der Waals surface area contributed by atoms with Gasteiger partial charge < -0.3 is 19.4 Å². The van der Waals surface area contributed by atoms with Crippen molar-refractivity contribution >= 4 is 34.7 Å². The maximum Gasteiger partial charge on any atom is 0.250 e. The molecule has 0 radical (unpaired) electrons. The van der Waals surface area contributed by atoms with Gasteiger partial charge in [-0.05, 0) is 38.3 Å². The SMILES string of the molecule is C#CCCC1(CCC(=O)N(C(C)COCC)C(C(=O)NCCSC)c2cc3cccnc3o2)N=N1. The number of terminal acetylenes is 1. The van der Waals surface area contributed by atoms with Crippen LogP contribution >= 0.6 is 11.8 Å². The fourth-order valence-corrected chi connectivity index (χ4v) is 4.22. The Kier molecular flexibility index (Phi) is 9.69. The van der Waals surface area contributed by atoms with E-state index in [1.807, 2.05) is 26.2 Å². The van der Waals surface area contributed by atoms with Crippen LogP contribution in [0.15, 0.2) is 39.0 Å². The second kappa shape index (κ2) is 12.7. The number of hydrogen-bond acceptors (Lipinski definition) is 8. The first kappa shape index (κ1) is 26.7. The van der Waals surface area contributed by atoms with Crippen molar-refractivity contribution in [2.75, 3.05) is 31.8 Å². The molecule has 0 fully saturated rings. The van der Waals surface area contributed by atoms with E-state index in [-0.39, 0.29) is 30.9 Å². The van der Waals surface area contributed by atoms with E-state index in [1.165, 1.54) is 0 Å². The number of pyridine rings is 1. The molecular formula is C25H33N5O4S. The van der Waals surface area contributed by atoms with Gasteiger partial charge in [0.15, 0.2) is 11.7 Å². The number of carbonyl (C=O) groups is 2. The molecule has 2 amide bonds. The van der Waals surface area contributed by atoms with Crippen molar-refractivity contribution < 1.29 is 18.7 Å². The van der Waals surface area contributed by atoms with Crippen LogP contribution in [0.3, 0.4) is 0 Å². The summed E-state index contributed by atoms with van der Waals surface area (Å²) >= 11 is 1.63. The molecule has 2 unspecified atom stereocenters. The van der Waals surface area contributed by atoms with Crippen LogP contribution in [0.4, 0.5) is 0 Å². The Morgan fingerprint density at radius 2 is 2.17 bits per heavy atom. The number of aromatic nitrogens is 1. The molecule has 0 spiro atoms. The van der Waals surface area contributed by atoms with Crippen molar-refractivity contribution in [3.05, 3.63) is 30.2 Å². The summed E-state index contributed by atoms with van der Waals surface area (Å²) in [7, 11) is 0. The molecule has 0 aliphatic carbocycles. The summed E-state index contributed by atoms with van der Waals surface area (Å²) in [6.07, 6.45) is 10.7. The number of furan rings is 1. The lowest BCUT2D eigenvalue weighted by molar-refractivity contribution is -0.145. The largest absolute Gasteiger partial charge is 0.440 e. The first-order chi connectivity index (χ1) is 16.9. The number of carbonyl (C=O) groups excluding carboxylic acids is 2.